The minimum Gasteiger partial charge on any atom is -0.349 e. The van der Waals surface area contributed by atoms with Crippen LogP contribution in [-0.4, -0.2) is 13.0 Å². The van der Waals surface area contributed by atoms with Gasteiger partial charge in [-0.05, 0) is 31.2 Å². The third-order valence-corrected chi connectivity index (χ3v) is 4.64. The molecule has 0 bridgehead atoms. The van der Waals surface area contributed by atoms with E-state index in [9.17, 15) is 12.8 Å². The van der Waals surface area contributed by atoms with E-state index < -0.39 is 15.8 Å². The molecule has 8 heteroatoms. The number of aryl methyl sites for hydroxylation is 1. The number of hydrogen-bond acceptors (Lipinski definition) is 3. The first-order valence-electron chi connectivity index (χ1n) is 6.24. The maximum atomic E-state index is 13.0. The monoisotopic (exact) mass is 331 g/mol. The number of sulfonamides is 1. The van der Waals surface area contributed by atoms with Crippen molar-refractivity contribution in [2.24, 2.45) is 5.73 Å². The quantitative estimate of drug-likeness (QED) is 0.884. The standard InChI is InChI=1S/C13H15ClFN3O2S/c1-2-18-8-11(6-10(18)7-16)21(19,20)17-13-4-3-9(15)5-12(13)14/h3-6,8,17H,2,7,16H2,1H3. The molecule has 1 heterocycles. The van der Waals surface area contributed by atoms with E-state index in [1.165, 1.54) is 18.3 Å². The molecule has 1 aromatic carbocycles. The summed E-state index contributed by atoms with van der Waals surface area (Å²) in [6, 6.07) is 4.95. The van der Waals surface area contributed by atoms with Crippen LogP contribution in [0.4, 0.5) is 10.1 Å². The molecule has 21 heavy (non-hydrogen) atoms. The molecule has 0 atom stereocenters. The van der Waals surface area contributed by atoms with Gasteiger partial charge in [0.2, 0.25) is 0 Å². The van der Waals surface area contributed by atoms with Gasteiger partial charge >= 0.3 is 0 Å². The number of nitrogens with zero attached hydrogens (tertiary/aromatic N) is 1. The van der Waals surface area contributed by atoms with Crippen LogP contribution < -0.4 is 10.5 Å². The zero-order chi connectivity index (χ0) is 15.6. The lowest BCUT2D eigenvalue weighted by Crippen LogP contribution is -2.12. The highest BCUT2D eigenvalue weighted by molar-refractivity contribution is 7.92. The number of aromatic nitrogens is 1. The second kappa shape index (κ2) is 6.05. The number of nitrogens with one attached hydrogen (secondary N) is 1. The van der Waals surface area contributed by atoms with Crippen LogP contribution in [0.1, 0.15) is 12.6 Å². The van der Waals surface area contributed by atoms with Gasteiger partial charge in [0.25, 0.3) is 10.0 Å². The third-order valence-electron chi connectivity index (χ3n) is 3.00. The van der Waals surface area contributed by atoms with E-state index in [-0.39, 0.29) is 22.2 Å². The van der Waals surface area contributed by atoms with E-state index in [0.29, 0.717) is 12.2 Å². The van der Waals surface area contributed by atoms with Crippen LogP contribution in [0.5, 0.6) is 0 Å². The molecular formula is C13H15ClFN3O2S. The van der Waals surface area contributed by atoms with Gasteiger partial charge in [-0.1, -0.05) is 11.6 Å². The van der Waals surface area contributed by atoms with Crippen LogP contribution in [0.25, 0.3) is 0 Å². The Morgan fingerprint density at radius 1 is 1.38 bits per heavy atom. The summed E-state index contributed by atoms with van der Waals surface area (Å²) in [5, 5.41) is -0.00690. The minimum absolute atomic E-state index is 0.00690. The van der Waals surface area contributed by atoms with Crippen molar-refractivity contribution in [3.63, 3.8) is 0 Å². The number of nitrogens with two attached hydrogens (primary N) is 1. The Morgan fingerprint density at radius 2 is 2.10 bits per heavy atom. The second-order valence-electron chi connectivity index (χ2n) is 4.39. The fourth-order valence-corrected chi connectivity index (χ4v) is 3.33. The minimum atomic E-state index is -3.80. The lowest BCUT2D eigenvalue weighted by Gasteiger charge is -2.08. The maximum absolute atomic E-state index is 13.0. The molecule has 0 saturated carbocycles. The molecule has 0 saturated heterocycles. The highest BCUT2D eigenvalue weighted by Gasteiger charge is 2.19. The van der Waals surface area contributed by atoms with Crippen LogP contribution in [0.2, 0.25) is 5.02 Å². The summed E-state index contributed by atoms with van der Waals surface area (Å²) in [7, 11) is -3.80. The van der Waals surface area contributed by atoms with Crippen molar-refractivity contribution >= 4 is 27.3 Å². The molecule has 2 rings (SSSR count). The van der Waals surface area contributed by atoms with Crippen molar-refractivity contribution in [1.82, 2.24) is 4.57 Å². The SMILES string of the molecule is CCn1cc(S(=O)(=O)Nc2ccc(F)cc2Cl)cc1CN. The number of anilines is 1. The van der Waals surface area contributed by atoms with Gasteiger partial charge in [-0.25, -0.2) is 12.8 Å². The fraction of sp³-hybridized carbons (Fsp3) is 0.231. The molecule has 114 valence electrons. The van der Waals surface area contributed by atoms with Crippen LogP contribution in [0.15, 0.2) is 35.4 Å². The van der Waals surface area contributed by atoms with Crippen molar-refractivity contribution in [3.05, 3.63) is 47.0 Å². The Kier molecular flexibility index (Phi) is 4.55. The molecule has 0 aliphatic carbocycles. The molecule has 0 aliphatic rings. The van der Waals surface area contributed by atoms with Gasteiger partial charge < -0.3 is 10.3 Å². The average molecular weight is 332 g/mol. The molecule has 3 N–H and O–H groups in total. The van der Waals surface area contributed by atoms with E-state index in [4.69, 9.17) is 17.3 Å². The van der Waals surface area contributed by atoms with Gasteiger partial charge in [-0.2, -0.15) is 0 Å². The number of halogens is 2. The van der Waals surface area contributed by atoms with E-state index in [1.54, 1.807) is 4.57 Å². The van der Waals surface area contributed by atoms with Crippen molar-refractivity contribution in [2.45, 2.75) is 24.9 Å². The molecule has 1 aromatic heterocycles. The molecule has 0 fully saturated rings. The zero-order valence-electron chi connectivity index (χ0n) is 11.3. The van der Waals surface area contributed by atoms with Gasteiger partial charge in [0.1, 0.15) is 10.7 Å². The van der Waals surface area contributed by atoms with E-state index in [2.05, 4.69) is 4.72 Å². The molecule has 0 amide bonds. The van der Waals surface area contributed by atoms with Crippen LogP contribution in [0.3, 0.4) is 0 Å². The van der Waals surface area contributed by atoms with Crippen molar-refractivity contribution < 1.29 is 12.8 Å². The Balaban J connectivity index is 2.36. The van der Waals surface area contributed by atoms with Gasteiger partial charge in [0, 0.05) is 25.0 Å². The van der Waals surface area contributed by atoms with Crippen molar-refractivity contribution in [1.29, 1.82) is 0 Å². The summed E-state index contributed by atoms with van der Waals surface area (Å²) in [6.45, 7) is 2.74. The lowest BCUT2D eigenvalue weighted by atomic mass is 10.3. The molecule has 0 radical (unpaired) electrons. The highest BCUT2D eigenvalue weighted by Crippen LogP contribution is 2.26. The summed E-state index contributed by atoms with van der Waals surface area (Å²) < 4.78 is 41.7. The number of rotatable bonds is 5. The van der Waals surface area contributed by atoms with Gasteiger partial charge in [-0.15, -0.1) is 0 Å². The number of benzene rings is 1. The predicted octanol–water partition coefficient (Wildman–Crippen LogP) is 2.56. The van der Waals surface area contributed by atoms with Crippen molar-refractivity contribution in [3.8, 4) is 0 Å². The third kappa shape index (κ3) is 3.37. The average Bonchev–Trinajstić information content (AvgIpc) is 2.86. The highest BCUT2D eigenvalue weighted by atomic mass is 35.5. The van der Waals surface area contributed by atoms with E-state index in [0.717, 1.165) is 12.1 Å². The van der Waals surface area contributed by atoms with Crippen LogP contribution in [0, 0.1) is 5.82 Å². The Morgan fingerprint density at radius 3 is 2.62 bits per heavy atom. The summed E-state index contributed by atoms with van der Waals surface area (Å²) >= 11 is 5.82. The molecule has 5 nitrogen and oxygen atoms in total. The molecule has 2 aromatic rings. The Labute approximate surface area is 127 Å². The first-order valence-corrected chi connectivity index (χ1v) is 8.10. The van der Waals surface area contributed by atoms with Crippen molar-refractivity contribution in [2.75, 3.05) is 4.72 Å². The van der Waals surface area contributed by atoms with E-state index in [1.807, 2.05) is 6.92 Å². The molecule has 0 spiro atoms. The first kappa shape index (κ1) is 15.8. The number of hydrogen-bond donors (Lipinski definition) is 2. The normalized spacial score (nSPS) is 11.6. The zero-order valence-corrected chi connectivity index (χ0v) is 12.9. The van der Waals surface area contributed by atoms with Gasteiger partial charge in [-0.3, -0.25) is 4.72 Å². The van der Waals surface area contributed by atoms with Gasteiger partial charge in [0.15, 0.2) is 0 Å². The maximum Gasteiger partial charge on any atom is 0.263 e. The summed E-state index contributed by atoms with van der Waals surface area (Å²) in [5.41, 5.74) is 6.41. The first-order chi connectivity index (χ1) is 9.87. The smallest absolute Gasteiger partial charge is 0.263 e. The summed E-state index contributed by atoms with van der Waals surface area (Å²) in [5.74, 6) is -0.537. The van der Waals surface area contributed by atoms with Gasteiger partial charge in [0.05, 0.1) is 10.7 Å². The lowest BCUT2D eigenvalue weighted by molar-refractivity contribution is 0.600. The Hall–Kier alpha value is -1.57. The topological polar surface area (TPSA) is 77.1 Å². The molecular weight excluding hydrogens is 317 g/mol. The summed E-state index contributed by atoms with van der Waals surface area (Å²) in [6.07, 6.45) is 1.50. The largest absolute Gasteiger partial charge is 0.349 e. The molecule has 0 unspecified atom stereocenters. The van der Waals surface area contributed by atoms with Crippen LogP contribution >= 0.6 is 11.6 Å². The Bertz CT molecular complexity index is 737. The fourth-order valence-electron chi connectivity index (χ4n) is 1.91. The predicted molar refractivity (Wildman–Crippen MR) is 80.2 cm³/mol. The van der Waals surface area contributed by atoms with E-state index >= 15 is 0 Å². The second-order valence-corrected chi connectivity index (χ2v) is 6.48. The van der Waals surface area contributed by atoms with Crippen LogP contribution in [-0.2, 0) is 23.1 Å². The summed E-state index contributed by atoms with van der Waals surface area (Å²) in [4.78, 5) is 0.0881. The molecule has 0 aliphatic heterocycles.